The van der Waals surface area contributed by atoms with E-state index in [2.05, 4.69) is 0 Å². The summed E-state index contributed by atoms with van der Waals surface area (Å²) in [6, 6.07) is 13.9. The number of carbonyl (C=O) groups is 4. The lowest BCUT2D eigenvalue weighted by atomic mass is 10.0. The summed E-state index contributed by atoms with van der Waals surface area (Å²) < 4.78 is 5.40. The summed E-state index contributed by atoms with van der Waals surface area (Å²) in [5.74, 6) is -2.11. The van der Waals surface area contributed by atoms with E-state index in [0.29, 0.717) is 5.56 Å². The zero-order valence-electron chi connectivity index (χ0n) is 16.6. The molecule has 0 spiro atoms. The first-order valence-electron chi connectivity index (χ1n) is 9.58. The van der Waals surface area contributed by atoms with Gasteiger partial charge in [0.2, 0.25) is 5.78 Å². The van der Waals surface area contributed by atoms with Gasteiger partial charge in [-0.05, 0) is 31.4 Å². The van der Waals surface area contributed by atoms with Crippen LogP contribution < -0.4 is 0 Å². The summed E-state index contributed by atoms with van der Waals surface area (Å²) in [7, 11) is 0. The first-order valence-corrected chi connectivity index (χ1v) is 9.58. The first kappa shape index (κ1) is 20.5. The molecule has 2 aromatic carbocycles. The molecule has 0 N–H and O–H groups in total. The Morgan fingerprint density at radius 2 is 1.38 bits per heavy atom. The third-order valence-electron chi connectivity index (χ3n) is 4.82. The highest BCUT2D eigenvalue weighted by molar-refractivity contribution is 6.22. The van der Waals surface area contributed by atoms with Crippen molar-refractivity contribution in [1.82, 2.24) is 4.90 Å². The molecule has 2 atom stereocenters. The smallest absolute Gasteiger partial charge is 0.330 e. The molecule has 0 bridgehead atoms. The van der Waals surface area contributed by atoms with Crippen LogP contribution >= 0.6 is 0 Å². The van der Waals surface area contributed by atoms with Gasteiger partial charge in [-0.3, -0.25) is 19.3 Å². The molecule has 0 saturated heterocycles. The molecule has 0 fully saturated rings. The Hall–Kier alpha value is -3.28. The molecule has 0 radical (unpaired) electrons. The maximum Gasteiger partial charge on any atom is 0.330 e. The van der Waals surface area contributed by atoms with Gasteiger partial charge in [-0.15, -0.1) is 0 Å². The lowest BCUT2D eigenvalue weighted by Gasteiger charge is -2.27. The van der Waals surface area contributed by atoms with Crippen LogP contribution in [0.5, 0.6) is 0 Å². The van der Waals surface area contributed by atoms with E-state index in [1.54, 1.807) is 54.6 Å². The van der Waals surface area contributed by atoms with Gasteiger partial charge in [0.25, 0.3) is 11.8 Å². The Morgan fingerprint density at radius 1 is 0.862 bits per heavy atom. The van der Waals surface area contributed by atoms with Gasteiger partial charge in [0, 0.05) is 5.56 Å². The summed E-state index contributed by atoms with van der Waals surface area (Å²) in [5.41, 5.74) is 0.967. The molecule has 1 aliphatic rings. The fourth-order valence-electron chi connectivity index (χ4n) is 3.39. The maximum atomic E-state index is 12.9. The summed E-state index contributed by atoms with van der Waals surface area (Å²) in [6.07, 6.45) is -0.786. The van der Waals surface area contributed by atoms with Crippen LogP contribution in [0.1, 0.15) is 58.3 Å². The lowest BCUT2D eigenvalue weighted by Crippen LogP contribution is -2.47. The Labute approximate surface area is 169 Å². The van der Waals surface area contributed by atoms with E-state index in [1.165, 1.54) is 6.92 Å². The number of carbonyl (C=O) groups excluding carboxylic acids is 4. The van der Waals surface area contributed by atoms with Crippen molar-refractivity contribution in [2.75, 3.05) is 0 Å². The number of ketones is 1. The van der Waals surface area contributed by atoms with Crippen LogP contribution in [0.25, 0.3) is 0 Å². The van der Waals surface area contributed by atoms with E-state index in [9.17, 15) is 19.2 Å². The highest BCUT2D eigenvalue weighted by Crippen LogP contribution is 2.27. The standard InChI is InChI=1S/C23H23NO5/c1-14(2)13-19(24-21(26)17-11-7-8-12-18(17)22(24)27)23(28)29-15(3)20(25)16-9-5-4-6-10-16/h4-12,14-15,19H,13H2,1-3H3. The van der Waals surface area contributed by atoms with Crippen LogP contribution in [0.3, 0.4) is 0 Å². The fraction of sp³-hybridized carbons (Fsp3) is 0.304. The van der Waals surface area contributed by atoms with Crippen molar-refractivity contribution >= 4 is 23.6 Å². The number of nitrogens with zero attached hydrogens (tertiary/aromatic N) is 1. The van der Waals surface area contributed by atoms with Gasteiger partial charge in [0.1, 0.15) is 6.04 Å². The SMILES string of the molecule is CC(C)CC(C(=O)OC(C)C(=O)c1ccccc1)N1C(=O)c2ccccc2C1=O. The molecule has 2 aromatic rings. The van der Waals surface area contributed by atoms with Crippen LogP contribution in [-0.2, 0) is 9.53 Å². The Morgan fingerprint density at radius 3 is 1.90 bits per heavy atom. The van der Waals surface area contributed by atoms with E-state index >= 15 is 0 Å². The van der Waals surface area contributed by atoms with E-state index in [1.807, 2.05) is 13.8 Å². The number of amides is 2. The molecule has 0 saturated carbocycles. The van der Waals surface area contributed by atoms with E-state index in [-0.39, 0.29) is 29.2 Å². The van der Waals surface area contributed by atoms with Crippen molar-refractivity contribution in [1.29, 1.82) is 0 Å². The molecule has 0 aliphatic carbocycles. The number of imide groups is 1. The fourth-order valence-corrected chi connectivity index (χ4v) is 3.39. The number of rotatable bonds is 7. The minimum atomic E-state index is -1.09. The summed E-state index contributed by atoms with van der Waals surface area (Å²) in [6.45, 7) is 5.26. The molecule has 3 rings (SSSR count). The molecule has 1 aliphatic heterocycles. The van der Waals surface area contributed by atoms with Gasteiger partial charge >= 0.3 is 5.97 Å². The molecular weight excluding hydrogens is 370 g/mol. The quantitative estimate of drug-likeness (QED) is 0.408. The second-order valence-electron chi connectivity index (χ2n) is 7.48. The number of fused-ring (bicyclic) bond motifs is 1. The molecule has 29 heavy (non-hydrogen) atoms. The second-order valence-corrected chi connectivity index (χ2v) is 7.48. The number of hydrogen-bond donors (Lipinski definition) is 0. The summed E-state index contributed by atoms with van der Waals surface area (Å²) in [4.78, 5) is 52.0. The third-order valence-corrected chi connectivity index (χ3v) is 4.82. The topological polar surface area (TPSA) is 80.8 Å². The Balaban J connectivity index is 1.82. The van der Waals surface area contributed by atoms with E-state index in [0.717, 1.165) is 4.90 Å². The number of ether oxygens (including phenoxy) is 1. The minimum absolute atomic E-state index is 0.0250. The minimum Gasteiger partial charge on any atom is -0.453 e. The molecule has 6 heteroatoms. The normalized spacial score (nSPS) is 15.2. The maximum absolute atomic E-state index is 12.9. The van der Waals surface area contributed by atoms with Crippen molar-refractivity contribution in [2.24, 2.45) is 5.92 Å². The van der Waals surface area contributed by atoms with Gasteiger partial charge < -0.3 is 4.74 Å². The summed E-state index contributed by atoms with van der Waals surface area (Å²) in [5, 5.41) is 0. The predicted molar refractivity (Wildman–Crippen MR) is 107 cm³/mol. The van der Waals surface area contributed by atoms with Crippen LogP contribution in [0.2, 0.25) is 0 Å². The third kappa shape index (κ3) is 4.11. The predicted octanol–water partition coefficient (Wildman–Crippen LogP) is 3.51. The number of Topliss-reactive ketones (excluding diaryl/α,β-unsaturated/α-hetero) is 1. The van der Waals surface area contributed by atoms with Gasteiger partial charge in [-0.1, -0.05) is 56.3 Å². The lowest BCUT2D eigenvalue weighted by molar-refractivity contribution is -0.151. The van der Waals surface area contributed by atoms with Gasteiger partial charge in [0.05, 0.1) is 11.1 Å². The number of hydrogen-bond acceptors (Lipinski definition) is 5. The van der Waals surface area contributed by atoms with Gasteiger partial charge in [-0.25, -0.2) is 4.79 Å². The van der Waals surface area contributed by atoms with E-state index in [4.69, 9.17) is 4.74 Å². The number of benzene rings is 2. The molecule has 2 amide bonds. The van der Waals surface area contributed by atoms with E-state index < -0.39 is 29.9 Å². The monoisotopic (exact) mass is 393 g/mol. The number of esters is 1. The van der Waals surface area contributed by atoms with Gasteiger partial charge in [-0.2, -0.15) is 0 Å². The molecule has 0 aromatic heterocycles. The highest BCUT2D eigenvalue weighted by Gasteiger charge is 2.44. The van der Waals surface area contributed by atoms with Crippen molar-refractivity contribution in [2.45, 2.75) is 39.3 Å². The largest absolute Gasteiger partial charge is 0.453 e. The van der Waals surface area contributed by atoms with Crippen LogP contribution in [0.4, 0.5) is 0 Å². The van der Waals surface area contributed by atoms with Crippen LogP contribution in [0, 0.1) is 5.92 Å². The molecule has 150 valence electrons. The average Bonchev–Trinajstić information content (AvgIpc) is 2.96. The molecular formula is C23H23NO5. The highest BCUT2D eigenvalue weighted by atomic mass is 16.5. The summed E-state index contributed by atoms with van der Waals surface area (Å²) >= 11 is 0. The molecule has 2 unspecified atom stereocenters. The Kier molecular flexibility index (Phi) is 5.92. The Bertz CT molecular complexity index is 916. The first-order chi connectivity index (χ1) is 13.8. The van der Waals surface area contributed by atoms with Crippen molar-refractivity contribution in [3.63, 3.8) is 0 Å². The van der Waals surface area contributed by atoms with Crippen molar-refractivity contribution in [3.8, 4) is 0 Å². The van der Waals surface area contributed by atoms with Crippen LogP contribution in [0.15, 0.2) is 54.6 Å². The zero-order valence-corrected chi connectivity index (χ0v) is 16.6. The van der Waals surface area contributed by atoms with Gasteiger partial charge in [0.15, 0.2) is 6.10 Å². The van der Waals surface area contributed by atoms with Crippen LogP contribution in [-0.4, -0.2) is 40.6 Å². The average molecular weight is 393 g/mol. The zero-order chi connectivity index (χ0) is 21.1. The van der Waals surface area contributed by atoms with Crippen molar-refractivity contribution < 1.29 is 23.9 Å². The molecule has 1 heterocycles. The molecule has 6 nitrogen and oxygen atoms in total. The van der Waals surface area contributed by atoms with Crippen molar-refractivity contribution in [3.05, 3.63) is 71.3 Å². The second kappa shape index (κ2) is 8.39.